The summed E-state index contributed by atoms with van der Waals surface area (Å²) >= 11 is 0. The van der Waals surface area contributed by atoms with Crippen molar-refractivity contribution in [3.63, 3.8) is 0 Å². The number of ether oxygens (including phenoxy) is 1. The highest BCUT2D eigenvalue weighted by atomic mass is 16.5. The number of fused-ring (bicyclic) bond motifs is 1. The van der Waals surface area contributed by atoms with Gasteiger partial charge in [-0.3, -0.25) is 9.59 Å². The zero-order valence-corrected chi connectivity index (χ0v) is 23.0. The second-order valence-electron chi connectivity index (χ2n) is 11.0. The van der Waals surface area contributed by atoms with Gasteiger partial charge in [0.25, 0.3) is 11.8 Å². The van der Waals surface area contributed by atoms with E-state index in [1.165, 1.54) is 0 Å². The first-order chi connectivity index (χ1) is 20.6. The molecule has 3 aromatic carbocycles. The number of carbonyl (C=O) groups excluding carboxylic acids is 2. The monoisotopic (exact) mass is 551 g/mol. The normalized spacial score (nSPS) is 17.0. The average molecular weight is 552 g/mol. The highest BCUT2D eigenvalue weighted by Crippen LogP contribution is 2.39. The Morgan fingerprint density at radius 2 is 1.48 bits per heavy atom. The van der Waals surface area contributed by atoms with E-state index in [0.29, 0.717) is 37.4 Å². The van der Waals surface area contributed by atoms with E-state index in [0.717, 1.165) is 27.9 Å². The third-order valence-corrected chi connectivity index (χ3v) is 8.27. The number of rotatable bonds is 4. The van der Waals surface area contributed by atoms with E-state index >= 15 is 0 Å². The van der Waals surface area contributed by atoms with Gasteiger partial charge in [-0.2, -0.15) is 0 Å². The summed E-state index contributed by atoms with van der Waals surface area (Å²) in [6.07, 6.45) is 1.98. The number of nitrogens with one attached hydrogen (secondary N) is 1. The fourth-order valence-corrected chi connectivity index (χ4v) is 5.93. The third kappa shape index (κ3) is 4.74. The summed E-state index contributed by atoms with van der Waals surface area (Å²) in [6, 6.07) is 34.9. The molecule has 2 saturated heterocycles. The van der Waals surface area contributed by atoms with Crippen molar-refractivity contribution in [1.82, 2.24) is 14.6 Å². The molecule has 42 heavy (non-hydrogen) atoms. The van der Waals surface area contributed by atoms with Crippen LogP contribution in [0.3, 0.4) is 0 Å². The predicted octanol–water partition coefficient (Wildman–Crippen LogP) is 5.28. The van der Waals surface area contributed by atoms with Gasteiger partial charge in [0, 0.05) is 36.0 Å². The minimum atomic E-state index is -0.287. The molecule has 0 bridgehead atoms. The number of hydrogen-bond donors (Lipinski definition) is 1. The smallest absolute Gasteiger partial charge is 0.253 e. The van der Waals surface area contributed by atoms with Crippen molar-refractivity contribution in [2.45, 2.75) is 6.04 Å². The SMILES string of the molecule is O=C(NC1CN(C(=O)c2ccc(C#Cc3ccccc3)cc2)CC12COC2)c1cc(-c2ccccc2)n2ccccc12. The van der Waals surface area contributed by atoms with Crippen molar-refractivity contribution in [1.29, 1.82) is 0 Å². The number of pyridine rings is 1. The highest BCUT2D eigenvalue weighted by molar-refractivity contribution is 6.03. The van der Waals surface area contributed by atoms with Crippen LogP contribution in [0.1, 0.15) is 31.8 Å². The van der Waals surface area contributed by atoms with Gasteiger partial charge in [0.2, 0.25) is 0 Å². The number of hydrogen-bond acceptors (Lipinski definition) is 3. The lowest BCUT2D eigenvalue weighted by molar-refractivity contribution is -0.114. The molecule has 0 radical (unpaired) electrons. The molecule has 2 aromatic heterocycles. The lowest BCUT2D eigenvalue weighted by atomic mass is 9.81. The molecule has 206 valence electrons. The van der Waals surface area contributed by atoms with Crippen molar-refractivity contribution in [2.24, 2.45) is 5.41 Å². The van der Waals surface area contributed by atoms with Gasteiger partial charge in [-0.15, -0.1) is 0 Å². The molecule has 7 rings (SSSR count). The van der Waals surface area contributed by atoms with E-state index in [1.807, 2.05) is 125 Å². The van der Waals surface area contributed by atoms with Gasteiger partial charge in [0.05, 0.1) is 41.4 Å². The zero-order chi connectivity index (χ0) is 28.5. The van der Waals surface area contributed by atoms with Gasteiger partial charge < -0.3 is 19.4 Å². The van der Waals surface area contributed by atoms with E-state index < -0.39 is 0 Å². The Bertz CT molecular complexity index is 1830. The van der Waals surface area contributed by atoms with E-state index in [-0.39, 0.29) is 23.3 Å². The Balaban J connectivity index is 1.09. The van der Waals surface area contributed by atoms with Crippen LogP contribution < -0.4 is 5.32 Å². The van der Waals surface area contributed by atoms with Gasteiger partial charge in [-0.25, -0.2) is 0 Å². The molecule has 2 aliphatic heterocycles. The zero-order valence-electron chi connectivity index (χ0n) is 23.0. The molecule has 2 amide bonds. The topological polar surface area (TPSA) is 63.0 Å². The summed E-state index contributed by atoms with van der Waals surface area (Å²) in [5.74, 6) is 6.11. The first-order valence-corrected chi connectivity index (χ1v) is 14.1. The van der Waals surface area contributed by atoms with Gasteiger partial charge in [-0.05, 0) is 60.2 Å². The molecule has 1 atom stereocenters. The summed E-state index contributed by atoms with van der Waals surface area (Å²) < 4.78 is 7.66. The fourth-order valence-electron chi connectivity index (χ4n) is 5.93. The van der Waals surface area contributed by atoms with Crippen molar-refractivity contribution in [3.8, 4) is 23.1 Å². The van der Waals surface area contributed by atoms with Crippen LogP contribution in [-0.2, 0) is 4.74 Å². The lowest BCUT2D eigenvalue weighted by Crippen LogP contribution is -2.57. The summed E-state index contributed by atoms with van der Waals surface area (Å²) in [6.45, 7) is 2.00. The van der Waals surface area contributed by atoms with Crippen LogP contribution in [-0.4, -0.2) is 53.5 Å². The van der Waals surface area contributed by atoms with Crippen molar-refractivity contribution < 1.29 is 14.3 Å². The molecule has 0 saturated carbocycles. The molecule has 6 nitrogen and oxygen atoms in total. The Morgan fingerprint density at radius 3 is 2.17 bits per heavy atom. The molecule has 5 aromatic rings. The summed E-state index contributed by atoms with van der Waals surface area (Å²) in [4.78, 5) is 29.1. The van der Waals surface area contributed by atoms with Crippen LogP contribution >= 0.6 is 0 Å². The summed E-state index contributed by atoms with van der Waals surface area (Å²) in [5.41, 5.74) is 5.56. The maximum Gasteiger partial charge on any atom is 0.253 e. The number of benzene rings is 3. The van der Waals surface area contributed by atoms with E-state index in [9.17, 15) is 9.59 Å². The Kier molecular flexibility index (Phi) is 6.58. The van der Waals surface area contributed by atoms with Gasteiger partial charge in [-0.1, -0.05) is 66.4 Å². The molecular formula is C36H29N3O3. The Morgan fingerprint density at radius 1 is 0.810 bits per heavy atom. The Labute approximate surface area is 244 Å². The maximum absolute atomic E-state index is 13.8. The largest absolute Gasteiger partial charge is 0.380 e. The molecule has 2 aliphatic rings. The van der Waals surface area contributed by atoms with Gasteiger partial charge >= 0.3 is 0 Å². The fraction of sp³-hybridized carbons (Fsp3) is 0.167. The predicted molar refractivity (Wildman–Crippen MR) is 162 cm³/mol. The van der Waals surface area contributed by atoms with Gasteiger partial charge in [0.15, 0.2) is 0 Å². The molecule has 4 heterocycles. The molecule has 1 unspecified atom stereocenters. The summed E-state index contributed by atoms with van der Waals surface area (Å²) in [5, 5.41) is 3.28. The number of nitrogens with zero attached hydrogens (tertiary/aromatic N) is 2. The quantitative estimate of drug-likeness (QED) is 0.309. The molecule has 1 N–H and O–H groups in total. The first-order valence-electron chi connectivity index (χ1n) is 14.1. The molecule has 1 spiro atoms. The minimum Gasteiger partial charge on any atom is -0.380 e. The summed E-state index contributed by atoms with van der Waals surface area (Å²) in [7, 11) is 0. The molecular weight excluding hydrogens is 522 g/mol. The molecule has 0 aliphatic carbocycles. The lowest BCUT2D eigenvalue weighted by Gasteiger charge is -2.42. The van der Waals surface area contributed by atoms with E-state index in [2.05, 4.69) is 17.2 Å². The third-order valence-electron chi connectivity index (χ3n) is 8.27. The second kappa shape index (κ2) is 10.7. The number of likely N-dealkylation sites (tertiary alicyclic amines) is 1. The van der Waals surface area contributed by atoms with Crippen LogP contribution in [0.5, 0.6) is 0 Å². The van der Waals surface area contributed by atoms with Crippen LogP contribution in [0.15, 0.2) is 115 Å². The van der Waals surface area contributed by atoms with Crippen LogP contribution in [0.25, 0.3) is 16.8 Å². The first kappa shape index (κ1) is 25.8. The van der Waals surface area contributed by atoms with Crippen molar-refractivity contribution in [3.05, 3.63) is 138 Å². The van der Waals surface area contributed by atoms with Crippen molar-refractivity contribution >= 4 is 17.3 Å². The maximum atomic E-state index is 13.8. The number of carbonyl (C=O) groups is 2. The second-order valence-corrected chi connectivity index (χ2v) is 11.0. The van der Waals surface area contributed by atoms with Crippen LogP contribution in [0.2, 0.25) is 0 Å². The van der Waals surface area contributed by atoms with Gasteiger partial charge in [0.1, 0.15) is 0 Å². The Hall–Kier alpha value is -5.12. The standard InChI is InChI=1S/C36H29N3O3/c40-34(30-21-32(28-11-5-2-6-12-28)39-20-8-7-13-31(30)39)37-33-22-38(23-36(33)24-42-25-36)35(41)29-18-16-27(17-19-29)15-14-26-9-3-1-4-10-26/h1-13,16-21,33H,22-25H2,(H,37,40). The number of aromatic nitrogens is 1. The molecule has 2 fully saturated rings. The van der Waals surface area contributed by atoms with Crippen LogP contribution in [0.4, 0.5) is 0 Å². The van der Waals surface area contributed by atoms with Crippen LogP contribution in [0, 0.1) is 17.3 Å². The minimum absolute atomic E-state index is 0.0544. The average Bonchev–Trinajstić information content (AvgIpc) is 3.61. The van der Waals surface area contributed by atoms with Crippen molar-refractivity contribution in [2.75, 3.05) is 26.3 Å². The number of amides is 2. The van der Waals surface area contributed by atoms with E-state index in [4.69, 9.17) is 4.74 Å². The molecule has 6 heteroatoms. The van der Waals surface area contributed by atoms with E-state index in [1.54, 1.807) is 0 Å². The highest BCUT2D eigenvalue weighted by Gasteiger charge is 2.53.